The molecule has 0 heterocycles. The summed E-state index contributed by atoms with van der Waals surface area (Å²) in [5.74, 6) is 0. The number of hydrogen-bond donors (Lipinski definition) is 0. The van der Waals surface area contributed by atoms with E-state index in [0.29, 0.717) is 6.61 Å². The molecule has 0 N–H and O–H groups in total. The first-order valence-corrected chi connectivity index (χ1v) is 11.3. The lowest BCUT2D eigenvalue weighted by Crippen LogP contribution is -1.89. The number of hydrogen-bond acceptors (Lipinski definition) is 2. The zero-order chi connectivity index (χ0) is 20.5. The molecule has 0 aromatic heterocycles. The van der Waals surface area contributed by atoms with Gasteiger partial charge in [-0.15, -0.1) is 0 Å². The Labute approximate surface area is 175 Å². The predicted octanol–water partition coefficient (Wildman–Crippen LogP) is 8.58. The van der Waals surface area contributed by atoms with E-state index in [1.165, 1.54) is 84.2 Å². The molecule has 0 radical (unpaired) electrons. The van der Waals surface area contributed by atoms with E-state index in [2.05, 4.69) is 43.0 Å². The van der Waals surface area contributed by atoms with Crippen LogP contribution in [-0.4, -0.2) is 7.11 Å². The molecule has 0 aliphatic heterocycles. The average molecular weight is 389 g/mol. The largest absolute Gasteiger partial charge is 0.240 e. The highest BCUT2D eigenvalue weighted by Gasteiger charge is 1.90. The van der Waals surface area contributed by atoms with E-state index in [1.54, 1.807) is 0 Å². The first-order valence-electron chi connectivity index (χ1n) is 11.3. The Morgan fingerprint density at radius 1 is 0.679 bits per heavy atom. The molecule has 1 rings (SSSR count). The van der Waals surface area contributed by atoms with Gasteiger partial charge in [-0.25, -0.2) is 9.78 Å². The highest BCUT2D eigenvalue weighted by molar-refractivity contribution is 5.13. The first kappa shape index (κ1) is 26.6. The molecule has 2 heteroatoms. The lowest BCUT2D eigenvalue weighted by Gasteiger charge is -1.99. The van der Waals surface area contributed by atoms with Gasteiger partial charge in [0.2, 0.25) is 0 Å². The molecule has 0 aliphatic carbocycles. The summed E-state index contributed by atoms with van der Waals surface area (Å²) in [6.45, 7) is 4.97. The summed E-state index contributed by atoms with van der Waals surface area (Å²) in [4.78, 5) is 9.17. The van der Waals surface area contributed by atoms with Gasteiger partial charge in [0.1, 0.15) is 6.61 Å². The molecule has 2 nitrogen and oxygen atoms in total. The average Bonchev–Trinajstić information content (AvgIpc) is 2.74. The van der Waals surface area contributed by atoms with E-state index >= 15 is 0 Å². The minimum atomic E-state index is 0.511. The molecule has 0 saturated carbocycles. The third kappa shape index (κ3) is 20.9. The normalized spacial score (nSPS) is 11.1. The Bertz CT molecular complexity index is 451. The molecule has 0 spiro atoms. The standard InChI is InChI=1S/C18H34.C8H10O2/c1-3-5-7-9-11-13-15-17-18-16-14-12-10-8-6-4-2;1-9-10-7-8-5-3-2-4-6-8/h5,7,10,12H,3-4,6,8-9,11,13-18H2,1-2H3;2-6H,7H2,1H3/b7-5+,12-10+;. The molecule has 160 valence electrons. The van der Waals surface area contributed by atoms with Crippen LogP contribution in [0.15, 0.2) is 54.6 Å². The molecule has 0 atom stereocenters. The minimum Gasteiger partial charge on any atom is -0.240 e. The highest BCUT2D eigenvalue weighted by Crippen LogP contribution is 2.09. The van der Waals surface area contributed by atoms with E-state index in [1.807, 2.05) is 30.3 Å². The molecule has 0 amide bonds. The van der Waals surface area contributed by atoms with Gasteiger partial charge in [0.15, 0.2) is 0 Å². The second-order valence-corrected chi connectivity index (χ2v) is 7.11. The zero-order valence-corrected chi connectivity index (χ0v) is 18.7. The molecule has 0 bridgehead atoms. The maximum Gasteiger partial charge on any atom is 0.107 e. The van der Waals surface area contributed by atoms with Gasteiger partial charge < -0.3 is 0 Å². The Morgan fingerprint density at radius 2 is 1.21 bits per heavy atom. The van der Waals surface area contributed by atoms with Crippen LogP contribution in [0.3, 0.4) is 0 Å². The lowest BCUT2D eigenvalue weighted by atomic mass is 10.1. The second-order valence-electron chi connectivity index (χ2n) is 7.11. The third-order valence-corrected chi connectivity index (χ3v) is 4.47. The fraction of sp³-hybridized carbons (Fsp3) is 0.615. The molecule has 0 aliphatic rings. The van der Waals surface area contributed by atoms with Gasteiger partial charge in [0.05, 0.1) is 7.11 Å². The Morgan fingerprint density at radius 3 is 1.75 bits per heavy atom. The fourth-order valence-electron chi connectivity index (χ4n) is 2.77. The van der Waals surface area contributed by atoms with E-state index in [0.717, 1.165) is 5.56 Å². The van der Waals surface area contributed by atoms with Crippen LogP contribution in [0.2, 0.25) is 0 Å². The van der Waals surface area contributed by atoms with Crippen LogP contribution in [0.1, 0.15) is 96.5 Å². The number of rotatable bonds is 16. The van der Waals surface area contributed by atoms with Gasteiger partial charge in [0, 0.05) is 0 Å². The van der Waals surface area contributed by atoms with Gasteiger partial charge in [-0.1, -0.05) is 107 Å². The van der Waals surface area contributed by atoms with Crippen molar-refractivity contribution in [2.45, 2.75) is 97.5 Å². The van der Waals surface area contributed by atoms with Gasteiger partial charge in [-0.05, 0) is 44.1 Å². The zero-order valence-electron chi connectivity index (χ0n) is 18.7. The molecule has 28 heavy (non-hydrogen) atoms. The lowest BCUT2D eigenvalue weighted by molar-refractivity contribution is -0.282. The summed E-state index contributed by atoms with van der Waals surface area (Å²) in [6.07, 6.45) is 25.5. The smallest absolute Gasteiger partial charge is 0.107 e. The van der Waals surface area contributed by atoms with Crippen LogP contribution in [0.5, 0.6) is 0 Å². The van der Waals surface area contributed by atoms with E-state index in [4.69, 9.17) is 4.89 Å². The van der Waals surface area contributed by atoms with Crippen molar-refractivity contribution >= 4 is 0 Å². The fourth-order valence-corrected chi connectivity index (χ4v) is 2.77. The Kier molecular flexibility index (Phi) is 22.5. The number of benzene rings is 1. The molecule has 1 aromatic rings. The Hall–Kier alpha value is -1.38. The maximum absolute atomic E-state index is 4.72. The summed E-state index contributed by atoms with van der Waals surface area (Å²) >= 11 is 0. The van der Waals surface area contributed by atoms with Crippen molar-refractivity contribution in [2.75, 3.05) is 7.11 Å². The maximum atomic E-state index is 4.72. The summed E-state index contributed by atoms with van der Waals surface area (Å²) in [5, 5.41) is 0. The van der Waals surface area contributed by atoms with Crippen LogP contribution in [0.4, 0.5) is 0 Å². The molecule has 0 saturated heterocycles. The second kappa shape index (κ2) is 23.7. The summed E-state index contributed by atoms with van der Waals surface area (Å²) < 4.78 is 0. The topological polar surface area (TPSA) is 18.5 Å². The van der Waals surface area contributed by atoms with Crippen molar-refractivity contribution in [1.29, 1.82) is 0 Å². The van der Waals surface area contributed by atoms with Crippen molar-refractivity contribution in [1.82, 2.24) is 0 Å². The van der Waals surface area contributed by atoms with Crippen molar-refractivity contribution < 1.29 is 9.78 Å². The predicted molar refractivity (Wildman–Crippen MR) is 123 cm³/mol. The van der Waals surface area contributed by atoms with Gasteiger partial charge in [-0.2, -0.15) is 0 Å². The van der Waals surface area contributed by atoms with Crippen molar-refractivity contribution in [3.8, 4) is 0 Å². The first-order chi connectivity index (χ1) is 13.8. The van der Waals surface area contributed by atoms with Crippen LogP contribution in [0.25, 0.3) is 0 Å². The van der Waals surface area contributed by atoms with Gasteiger partial charge in [-0.3, -0.25) is 0 Å². The SMILES string of the molecule is CC/C=C/CCCCCCCC/C=C/CCCC.COOCc1ccccc1. The van der Waals surface area contributed by atoms with E-state index in [9.17, 15) is 0 Å². The molecular formula is C26H44O2. The van der Waals surface area contributed by atoms with Gasteiger partial charge >= 0.3 is 0 Å². The molecule has 0 fully saturated rings. The minimum absolute atomic E-state index is 0.511. The monoisotopic (exact) mass is 388 g/mol. The molecule has 1 aromatic carbocycles. The van der Waals surface area contributed by atoms with Crippen molar-refractivity contribution in [3.05, 3.63) is 60.2 Å². The summed E-state index contributed by atoms with van der Waals surface area (Å²) in [7, 11) is 1.50. The van der Waals surface area contributed by atoms with E-state index < -0.39 is 0 Å². The van der Waals surface area contributed by atoms with E-state index in [-0.39, 0.29) is 0 Å². The highest BCUT2D eigenvalue weighted by atomic mass is 17.2. The summed E-state index contributed by atoms with van der Waals surface area (Å²) in [6, 6.07) is 9.87. The summed E-state index contributed by atoms with van der Waals surface area (Å²) in [5.41, 5.74) is 1.12. The Balaban J connectivity index is 0.000000609. The van der Waals surface area contributed by atoms with Crippen LogP contribution >= 0.6 is 0 Å². The van der Waals surface area contributed by atoms with Crippen LogP contribution in [-0.2, 0) is 16.4 Å². The van der Waals surface area contributed by atoms with Crippen molar-refractivity contribution in [3.63, 3.8) is 0 Å². The quantitative estimate of drug-likeness (QED) is 0.122. The number of allylic oxidation sites excluding steroid dienone is 4. The third-order valence-electron chi connectivity index (χ3n) is 4.47. The number of unbranched alkanes of at least 4 members (excludes halogenated alkanes) is 9. The van der Waals surface area contributed by atoms with Crippen molar-refractivity contribution in [2.24, 2.45) is 0 Å². The van der Waals surface area contributed by atoms with Crippen LogP contribution < -0.4 is 0 Å². The molecular weight excluding hydrogens is 344 g/mol. The van der Waals surface area contributed by atoms with Gasteiger partial charge in [0.25, 0.3) is 0 Å². The van der Waals surface area contributed by atoms with Crippen LogP contribution in [0, 0.1) is 0 Å². The molecule has 0 unspecified atom stereocenters.